The lowest BCUT2D eigenvalue weighted by molar-refractivity contribution is -0.144. The molecule has 27 heavy (non-hydrogen) atoms. The summed E-state index contributed by atoms with van der Waals surface area (Å²) in [6.07, 6.45) is 18.3. The summed E-state index contributed by atoms with van der Waals surface area (Å²) in [7, 11) is 0. The number of nitrogens with one attached hydrogen (secondary N) is 1. The van der Waals surface area contributed by atoms with E-state index in [9.17, 15) is 14.7 Å². The SMILES string of the molecule is CCCCCCCCCCCCCCCCCC(=O)N[C@H](C(=O)O)[C@@H](C)O. The summed E-state index contributed by atoms with van der Waals surface area (Å²) in [5.74, 6) is -1.49. The molecule has 0 rings (SSSR count). The van der Waals surface area contributed by atoms with Crippen molar-refractivity contribution in [2.45, 2.75) is 129 Å². The molecule has 160 valence electrons. The van der Waals surface area contributed by atoms with Crippen molar-refractivity contribution < 1.29 is 19.8 Å². The van der Waals surface area contributed by atoms with Gasteiger partial charge in [-0.2, -0.15) is 0 Å². The molecule has 0 aliphatic carbocycles. The van der Waals surface area contributed by atoms with Crippen LogP contribution in [0.5, 0.6) is 0 Å². The van der Waals surface area contributed by atoms with Crippen molar-refractivity contribution in [1.29, 1.82) is 0 Å². The van der Waals surface area contributed by atoms with Crippen LogP contribution in [0.2, 0.25) is 0 Å². The molecule has 5 nitrogen and oxygen atoms in total. The summed E-state index contributed by atoms with van der Waals surface area (Å²) in [5, 5.41) is 20.6. The molecule has 0 saturated heterocycles. The van der Waals surface area contributed by atoms with Crippen LogP contribution in [-0.4, -0.2) is 34.2 Å². The molecular formula is C22H43NO4. The fourth-order valence-electron chi connectivity index (χ4n) is 3.29. The van der Waals surface area contributed by atoms with Gasteiger partial charge in [-0.1, -0.05) is 96.8 Å². The van der Waals surface area contributed by atoms with Crippen molar-refractivity contribution in [1.82, 2.24) is 5.32 Å². The van der Waals surface area contributed by atoms with Crippen LogP contribution >= 0.6 is 0 Å². The van der Waals surface area contributed by atoms with E-state index in [4.69, 9.17) is 5.11 Å². The zero-order valence-corrected chi connectivity index (χ0v) is 17.7. The fraction of sp³-hybridized carbons (Fsp3) is 0.909. The Hall–Kier alpha value is -1.10. The van der Waals surface area contributed by atoms with Gasteiger partial charge in [-0.05, 0) is 13.3 Å². The third-order valence-corrected chi connectivity index (χ3v) is 5.07. The number of aliphatic carboxylic acids is 1. The minimum atomic E-state index is -1.21. The van der Waals surface area contributed by atoms with Gasteiger partial charge in [0, 0.05) is 6.42 Å². The van der Waals surface area contributed by atoms with Gasteiger partial charge in [0.2, 0.25) is 5.91 Å². The van der Waals surface area contributed by atoms with E-state index in [0.717, 1.165) is 19.3 Å². The lowest BCUT2D eigenvalue weighted by Crippen LogP contribution is -2.47. The number of rotatable bonds is 19. The normalized spacial score (nSPS) is 13.3. The van der Waals surface area contributed by atoms with Crippen molar-refractivity contribution >= 4 is 11.9 Å². The monoisotopic (exact) mass is 385 g/mol. The number of aliphatic hydroxyl groups is 1. The first-order valence-corrected chi connectivity index (χ1v) is 11.2. The molecule has 0 heterocycles. The highest BCUT2D eigenvalue weighted by Crippen LogP contribution is 2.13. The van der Waals surface area contributed by atoms with Gasteiger partial charge in [0.05, 0.1) is 6.10 Å². The van der Waals surface area contributed by atoms with Crippen LogP contribution in [-0.2, 0) is 9.59 Å². The Morgan fingerprint density at radius 3 is 1.44 bits per heavy atom. The molecular weight excluding hydrogens is 342 g/mol. The minimum absolute atomic E-state index is 0.294. The summed E-state index contributed by atoms with van der Waals surface area (Å²) in [4.78, 5) is 22.6. The minimum Gasteiger partial charge on any atom is -0.480 e. The highest BCUT2D eigenvalue weighted by Gasteiger charge is 2.24. The van der Waals surface area contributed by atoms with Gasteiger partial charge in [0.15, 0.2) is 6.04 Å². The number of hydrogen-bond donors (Lipinski definition) is 3. The van der Waals surface area contributed by atoms with Gasteiger partial charge in [0.25, 0.3) is 0 Å². The van der Waals surface area contributed by atoms with Crippen LogP contribution in [0, 0.1) is 0 Å². The average Bonchev–Trinajstić information content (AvgIpc) is 2.62. The maximum absolute atomic E-state index is 11.7. The van der Waals surface area contributed by atoms with Crippen LogP contribution in [0.1, 0.15) is 117 Å². The highest BCUT2D eigenvalue weighted by molar-refractivity contribution is 5.83. The number of hydrogen-bond acceptors (Lipinski definition) is 3. The number of unbranched alkanes of at least 4 members (excludes halogenated alkanes) is 14. The van der Waals surface area contributed by atoms with Crippen molar-refractivity contribution in [3.05, 3.63) is 0 Å². The maximum Gasteiger partial charge on any atom is 0.328 e. The van der Waals surface area contributed by atoms with E-state index < -0.39 is 18.1 Å². The second kappa shape index (κ2) is 18.3. The van der Waals surface area contributed by atoms with E-state index in [1.165, 1.54) is 84.0 Å². The van der Waals surface area contributed by atoms with Gasteiger partial charge in [0.1, 0.15) is 0 Å². The number of carboxylic acids is 1. The Labute approximate surface area is 166 Å². The van der Waals surface area contributed by atoms with E-state index in [1.807, 2.05) is 0 Å². The Balaban J connectivity index is 3.35. The largest absolute Gasteiger partial charge is 0.480 e. The highest BCUT2D eigenvalue weighted by atomic mass is 16.4. The average molecular weight is 386 g/mol. The first kappa shape index (κ1) is 25.9. The molecule has 0 aliphatic heterocycles. The molecule has 5 heteroatoms. The first-order chi connectivity index (χ1) is 13.0. The quantitative estimate of drug-likeness (QED) is 0.267. The number of carboxylic acid groups (broad SMARTS) is 1. The lowest BCUT2D eigenvalue weighted by atomic mass is 10.0. The van der Waals surface area contributed by atoms with Gasteiger partial charge >= 0.3 is 5.97 Å². The summed E-state index contributed by atoms with van der Waals surface area (Å²) < 4.78 is 0. The van der Waals surface area contributed by atoms with Gasteiger partial charge < -0.3 is 15.5 Å². The van der Waals surface area contributed by atoms with Crippen LogP contribution in [0.25, 0.3) is 0 Å². The van der Waals surface area contributed by atoms with Crippen LogP contribution < -0.4 is 5.32 Å². The fourth-order valence-corrected chi connectivity index (χ4v) is 3.29. The van der Waals surface area contributed by atoms with Crippen molar-refractivity contribution in [3.63, 3.8) is 0 Å². The van der Waals surface area contributed by atoms with Crippen molar-refractivity contribution in [3.8, 4) is 0 Å². The number of carbonyl (C=O) groups excluding carboxylic acids is 1. The van der Waals surface area contributed by atoms with E-state index >= 15 is 0 Å². The van der Waals surface area contributed by atoms with E-state index in [1.54, 1.807) is 0 Å². The summed E-state index contributed by atoms with van der Waals surface area (Å²) in [6.45, 7) is 3.62. The summed E-state index contributed by atoms with van der Waals surface area (Å²) >= 11 is 0. The number of carbonyl (C=O) groups is 2. The molecule has 0 aromatic heterocycles. The van der Waals surface area contributed by atoms with Gasteiger partial charge in [-0.3, -0.25) is 4.79 Å². The Bertz CT molecular complexity index is 371. The van der Waals surface area contributed by atoms with Crippen molar-refractivity contribution in [2.24, 2.45) is 0 Å². The zero-order chi connectivity index (χ0) is 20.3. The zero-order valence-electron chi connectivity index (χ0n) is 17.7. The van der Waals surface area contributed by atoms with Gasteiger partial charge in [-0.15, -0.1) is 0 Å². The molecule has 0 unspecified atom stereocenters. The number of aliphatic hydroxyl groups excluding tert-OH is 1. The van der Waals surface area contributed by atoms with Crippen molar-refractivity contribution in [2.75, 3.05) is 0 Å². The Morgan fingerprint density at radius 2 is 1.11 bits per heavy atom. The standard InChI is InChI=1S/C22H43NO4/c1-3-4-5-6-7-8-9-10-11-12-13-14-15-16-17-18-20(25)23-21(19(2)24)22(26)27/h19,21,24H,3-18H2,1-2H3,(H,23,25)(H,26,27)/t19-,21+/m1/s1. The van der Waals surface area contributed by atoms with Gasteiger partial charge in [-0.25, -0.2) is 4.79 Å². The molecule has 0 radical (unpaired) electrons. The van der Waals surface area contributed by atoms with E-state index in [0.29, 0.717) is 6.42 Å². The second-order valence-corrected chi connectivity index (χ2v) is 7.82. The molecule has 2 atom stereocenters. The second-order valence-electron chi connectivity index (χ2n) is 7.82. The topological polar surface area (TPSA) is 86.6 Å². The van der Waals surface area contributed by atoms with E-state index in [-0.39, 0.29) is 5.91 Å². The molecule has 0 aliphatic rings. The molecule has 1 amide bonds. The Kier molecular flexibility index (Phi) is 17.5. The third kappa shape index (κ3) is 16.8. The van der Waals surface area contributed by atoms with E-state index in [2.05, 4.69) is 12.2 Å². The number of amides is 1. The molecule has 0 bridgehead atoms. The molecule has 0 aromatic rings. The Morgan fingerprint density at radius 1 is 0.741 bits per heavy atom. The summed E-state index contributed by atoms with van der Waals surface area (Å²) in [6, 6.07) is -1.21. The predicted molar refractivity (Wildman–Crippen MR) is 111 cm³/mol. The molecule has 0 fully saturated rings. The van der Waals surface area contributed by atoms with Crippen LogP contribution in [0.3, 0.4) is 0 Å². The smallest absolute Gasteiger partial charge is 0.328 e. The lowest BCUT2D eigenvalue weighted by Gasteiger charge is -2.16. The third-order valence-electron chi connectivity index (χ3n) is 5.07. The first-order valence-electron chi connectivity index (χ1n) is 11.2. The molecule has 0 saturated carbocycles. The van der Waals surface area contributed by atoms with Crippen LogP contribution in [0.4, 0.5) is 0 Å². The molecule has 0 spiro atoms. The summed E-state index contributed by atoms with van der Waals surface area (Å²) in [5.41, 5.74) is 0. The molecule has 0 aromatic carbocycles. The predicted octanol–water partition coefficient (Wildman–Crippen LogP) is 5.20. The van der Waals surface area contributed by atoms with Crippen LogP contribution in [0.15, 0.2) is 0 Å². The molecule has 3 N–H and O–H groups in total. The maximum atomic E-state index is 11.7.